The number of hydrogen-bond acceptors (Lipinski definition) is 1. The molecule has 0 radical (unpaired) electrons. The smallest absolute Gasteiger partial charge is 0.118 e. The number of rotatable bonds is 2. The topological polar surface area (TPSA) is 9.23 Å². The van der Waals surface area contributed by atoms with E-state index in [4.69, 9.17) is 4.74 Å². The summed E-state index contributed by atoms with van der Waals surface area (Å²) in [7, 11) is 1.64. The molecule has 2 heteroatoms. The van der Waals surface area contributed by atoms with Gasteiger partial charge >= 0.3 is 0 Å². The summed E-state index contributed by atoms with van der Waals surface area (Å²) in [6.45, 7) is 3.76. The van der Waals surface area contributed by atoms with Gasteiger partial charge in [-0.2, -0.15) is 0 Å². The molecule has 0 amide bonds. The predicted octanol–water partition coefficient (Wildman–Crippen LogP) is 2.58. The molecular formula is C9H13FO. The van der Waals surface area contributed by atoms with Gasteiger partial charge in [0.15, 0.2) is 0 Å². The highest BCUT2D eigenvalue weighted by atomic mass is 19.0. The maximum Gasteiger partial charge on any atom is 0.118 e. The molecule has 0 N–H and O–H groups in total. The van der Waals surface area contributed by atoms with Crippen molar-refractivity contribution in [3.8, 4) is 0 Å². The SMILES string of the molecule is C=C(OC)C1=CCCC=C1.F. The van der Waals surface area contributed by atoms with Gasteiger partial charge in [0.2, 0.25) is 0 Å². The second-order valence-corrected chi connectivity index (χ2v) is 2.27. The average Bonchev–Trinajstić information content (AvgIpc) is 2.05. The number of allylic oxidation sites excluding steroid dienone is 3. The molecule has 1 aliphatic carbocycles. The van der Waals surface area contributed by atoms with E-state index < -0.39 is 0 Å². The number of methoxy groups -OCH3 is 1. The Labute approximate surface area is 66.4 Å². The van der Waals surface area contributed by atoms with Crippen molar-refractivity contribution in [3.63, 3.8) is 0 Å². The largest absolute Gasteiger partial charge is 0.497 e. The molecule has 0 aromatic heterocycles. The Bertz CT molecular complexity index is 192. The molecule has 0 aromatic rings. The van der Waals surface area contributed by atoms with Gasteiger partial charge < -0.3 is 4.74 Å². The van der Waals surface area contributed by atoms with Crippen LogP contribution < -0.4 is 0 Å². The van der Waals surface area contributed by atoms with Crippen molar-refractivity contribution >= 4 is 0 Å². The van der Waals surface area contributed by atoms with Gasteiger partial charge in [-0.3, -0.25) is 4.70 Å². The summed E-state index contributed by atoms with van der Waals surface area (Å²) < 4.78 is 4.98. The summed E-state index contributed by atoms with van der Waals surface area (Å²) in [4.78, 5) is 0. The normalized spacial score (nSPS) is 14.8. The zero-order chi connectivity index (χ0) is 7.40. The van der Waals surface area contributed by atoms with E-state index in [1.807, 2.05) is 0 Å². The summed E-state index contributed by atoms with van der Waals surface area (Å²) in [5.41, 5.74) is 1.12. The second-order valence-electron chi connectivity index (χ2n) is 2.27. The summed E-state index contributed by atoms with van der Waals surface area (Å²) in [5, 5.41) is 0. The van der Waals surface area contributed by atoms with Gasteiger partial charge in [0.1, 0.15) is 5.76 Å². The van der Waals surface area contributed by atoms with E-state index in [0.29, 0.717) is 0 Å². The lowest BCUT2D eigenvalue weighted by molar-refractivity contribution is 0.304. The zero-order valence-electron chi connectivity index (χ0n) is 6.67. The number of halogens is 1. The van der Waals surface area contributed by atoms with Crippen molar-refractivity contribution in [2.75, 3.05) is 7.11 Å². The number of hydrogen-bond donors (Lipinski definition) is 0. The van der Waals surface area contributed by atoms with Gasteiger partial charge in [-0.1, -0.05) is 24.8 Å². The van der Waals surface area contributed by atoms with E-state index >= 15 is 0 Å². The molecule has 1 rings (SSSR count). The van der Waals surface area contributed by atoms with Crippen LogP contribution in [0.4, 0.5) is 4.70 Å². The van der Waals surface area contributed by atoms with Crippen molar-refractivity contribution in [1.82, 2.24) is 0 Å². The third-order valence-electron chi connectivity index (χ3n) is 1.56. The van der Waals surface area contributed by atoms with Gasteiger partial charge in [0, 0.05) is 5.57 Å². The quantitative estimate of drug-likeness (QED) is 0.558. The maximum atomic E-state index is 4.98. The Hall–Kier alpha value is -1.05. The van der Waals surface area contributed by atoms with Crippen LogP contribution in [0.5, 0.6) is 0 Å². The van der Waals surface area contributed by atoms with Crippen LogP contribution in [0.1, 0.15) is 12.8 Å². The van der Waals surface area contributed by atoms with Crippen molar-refractivity contribution in [3.05, 3.63) is 36.1 Å². The minimum absolute atomic E-state index is 0. The van der Waals surface area contributed by atoms with Crippen LogP contribution in [-0.2, 0) is 4.74 Å². The Balaban J connectivity index is 0.000001000. The zero-order valence-corrected chi connectivity index (χ0v) is 6.67. The van der Waals surface area contributed by atoms with Gasteiger partial charge in [0.25, 0.3) is 0 Å². The lowest BCUT2D eigenvalue weighted by atomic mass is 10.1. The molecule has 0 bridgehead atoms. The first kappa shape index (κ1) is 9.95. The van der Waals surface area contributed by atoms with Crippen LogP contribution in [0.25, 0.3) is 0 Å². The molecule has 0 spiro atoms. The molecule has 62 valence electrons. The van der Waals surface area contributed by atoms with Crippen LogP contribution in [0.2, 0.25) is 0 Å². The van der Waals surface area contributed by atoms with E-state index in [-0.39, 0.29) is 4.70 Å². The Kier molecular flexibility index (Phi) is 4.27. The Morgan fingerprint density at radius 2 is 2.27 bits per heavy atom. The highest BCUT2D eigenvalue weighted by molar-refractivity contribution is 5.35. The van der Waals surface area contributed by atoms with Gasteiger partial charge in [-0.25, -0.2) is 0 Å². The summed E-state index contributed by atoms with van der Waals surface area (Å²) >= 11 is 0. The molecule has 11 heavy (non-hydrogen) atoms. The molecule has 0 heterocycles. The lowest BCUT2D eigenvalue weighted by Crippen LogP contribution is -1.90. The van der Waals surface area contributed by atoms with Crippen LogP contribution >= 0.6 is 0 Å². The van der Waals surface area contributed by atoms with Crippen LogP contribution in [0.15, 0.2) is 36.1 Å². The van der Waals surface area contributed by atoms with E-state index in [0.717, 1.165) is 24.2 Å². The lowest BCUT2D eigenvalue weighted by Gasteiger charge is -2.07. The molecule has 0 aliphatic heterocycles. The predicted molar refractivity (Wildman–Crippen MR) is 45.1 cm³/mol. The Morgan fingerprint density at radius 1 is 1.55 bits per heavy atom. The molecule has 0 unspecified atom stereocenters. The first-order chi connectivity index (χ1) is 4.84. The molecule has 0 atom stereocenters. The van der Waals surface area contributed by atoms with Crippen molar-refractivity contribution in [1.29, 1.82) is 0 Å². The van der Waals surface area contributed by atoms with E-state index in [1.54, 1.807) is 7.11 Å². The molecule has 0 saturated carbocycles. The highest BCUT2D eigenvalue weighted by Crippen LogP contribution is 2.16. The van der Waals surface area contributed by atoms with Crippen molar-refractivity contribution < 1.29 is 9.44 Å². The average molecular weight is 156 g/mol. The van der Waals surface area contributed by atoms with Gasteiger partial charge in [-0.05, 0) is 12.8 Å². The highest BCUT2D eigenvalue weighted by Gasteiger charge is 1.99. The fourth-order valence-corrected chi connectivity index (χ4v) is 0.938. The fourth-order valence-electron chi connectivity index (χ4n) is 0.938. The monoisotopic (exact) mass is 156 g/mol. The maximum absolute atomic E-state index is 4.98. The van der Waals surface area contributed by atoms with Crippen LogP contribution in [0.3, 0.4) is 0 Å². The summed E-state index contributed by atoms with van der Waals surface area (Å²) in [5.74, 6) is 0.760. The fraction of sp³-hybridized carbons (Fsp3) is 0.333. The van der Waals surface area contributed by atoms with Gasteiger partial charge in [-0.15, -0.1) is 0 Å². The van der Waals surface area contributed by atoms with Crippen molar-refractivity contribution in [2.45, 2.75) is 12.8 Å². The second kappa shape index (κ2) is 4.72. The summed E-state index contributed by atoms with van der Waals surface area (Å²) in [6.07, 6.45) is 8.58. The minimum atomic E-state index is 0. The van der Waals surface area contributed by atoms with E-state index in [1.165, 1.54) is 0 Å². The molecule has 1 aliphatic rings. The standard InChI is InChI=1S/C9H12O.FH/c1-8(10-2)9-6-4-3-5-7-9;/h4,6-7H,1,3,5H2,2H3;1H. The molecular weight excluding hydrogens is 143 g/mol. The molecule has 0 aromatic carbocycles. The van der Waals surface area contributed by atoms with Crippen molar-refractivity contribution in [2.24, 2.45) is 0 Å². The van der Waals surface area contributed by atoms with E-state index in [2.05, 4.69) is 24.8 Å². The molecule has 0 saturated heterocycles. The molecule has 0 fully saturated rings. The van der Waals surface area contributed by atoms with Crippen LogP contribution in [0, 0.1) is 0 Å². The minimum Gasteiger partial charge on any atom is -0.497 e. The first-order valence-corrected chi connectivity index (χ1v) is 3.44. The third kappa shape index (κ3) is 2.58. The Morgan fingerprint density at radius 3 is 2.73 bits per heavy atom. The molecule has 1 nitrogen and oxygen atoms in total. The van der Waals surface area contributed by atoms with E-state index in [9.17, 15) is 0 Å². The van der Waals surface area contributed by atoms with Crippen LogP contribution in [-0.4, -0.2) is 7.11 Å². The summed E-state index contributed by atoms with van der Waals surface area (Å²) in [6, 6.07) is 0. The number of ether oxygens (including phenoxy) is 1. The third-order valence-corrected chi connectivity index (χ3v) is 1.56. The van der Waals surface area contributed by atoms with Gasteiger partial charge in [0.05, 0.1) is 7.11 Å². The first-order valence-electron chi connectivity index (χ1n) is 3.44.